The van der Waals surface area contributed by atoms with Gasteiger partial charge in [0.05, 0.1) is 9.82 Å². The van der Waals surface area contributed by atoms with E-state index in [0.717, 1.165) is 23.3 Å². The van der Waals surface area contributed by atoms with E-state index in [2.05, 4.69) is 0 Å². The van der Waals surface area contributed by atoms with Gasteiger partial charge in [-0.05, 0) is 43.7 Å². The van der Waals surface area contributed by atoms with Gasteiger partial charge in [-0.2, -0.15) is 0 Å². The van der Waals surface area contributed by atoms with E-state index in [-0.39, 0.29) is 16.4 Å². The minimum atomic E-state index is -3.60. The molecule has 0 amide bonds. The van der Waals surface area contributed by atoms with Crippen LogP contribution in [0.5, 0.6) is 11.5 Å². The number of benzene rings is 2. The fourth-order valence-electron chi connectivity index (χ4n) is 2.69. The standard InChI is InChI=1S/C18H15NO7S/c1-10-8-17(20)26-18-11(2)15(7-5-13(10)18)25-16-6-4-12(27(3,23)24)9-14(16)19(21)22/h4-9H,1-3H3. The molecule has 1 heterocycles. The van der Waals surface area contributed by atoms with E-state index in [1.807, 2.05) is 0 Å². The van der Waals surface area contributed by atoms with Crippen molar-refractivity contribution in [1.82, 2.24) is 0 Å². The fourth-order valence-corrected chi connectivity index (χ4v) is 3.33. The van der Waals surface area contributed by atoms with E-state index in [1.165, 1.54) is 18.2 Å². The van der Waals surface area contributed by atoms with Crippen molar-refractivity contribution in [2.75, 3.05) is 6.26 Å². The second-order valence-electron chi connectivity index (χ2n) is 6.07. The molecule has 3 aromatic rings. The topological polar surface area (TPSA) is 117 Å². The van der Waals surface area contributed by atoms with E-state index in [1.54, 1.807) is 26.0 Å². The van der Waals surface area contributed by atoms with Crippen LogP contribution in [0.1, 0.15) is 11.1 Å². The Kier molecular flexibility index (Phi) is 4.48. The molecular formula is C18H15NO7S. The van der Waals surface area contributed by atoms with Crippen molar-refractivity contribution in [2.45, 2.75) is 18.7 Å². The summed E-state index contributed by atoms with van der Waals surface area (Å²) in [6.07, 6.45) is 0.963. The first-order valence-electron chi connectivity index (χ1n) is 7.78. The summed E-state index contributed by atoms with van der Waals surface area (Å²) < 4.78 is 34.2. The van der Waals surface area contributed by atoms with Crippen LogP contribution in [0.4, 0.5) is 5.69 Å². The van der Waals surface area contributed by atoms with E-state index >= 15 is 0 Å². The molecule has 1 aromatic heterocycles. The van der Waals surface area contributed by atoms with E-state index in [0.29, 0.717) is 11.1 Å². The first kappa shape index (κ1) is 18.6. The van der Waals surface area contributed by atoms with E-state index < -0.39 is 26.1 Å². The normalized spacial score (nSPS) is 11.5. The zero-order valence-electron chi connectivity index (χ0n) is 14.7. The zero-order chi connectivity index (χ0) is 19.9. The Balaban J connectivity index is 2.14. The van der Waals surface area contributed by atoms with Crippen LogP contribution in [0.15, 0.2) is 50.5 Å². The van der Waals surface area contributed by atoms with Gasteiger partial charge in [-0.1, -0.05) is 0 Å². The maximum Gasteiger partial charge on any atom is 0.336 e. The highest BCUT2D eigenvalue weighted by Crippen LogP contribution is 2.36. The van der Waals surface area contributed by atoms with Crippen molar-refractivity contribution in [3.05, 3.63) is 68.1 Å². The molecule has 0 aliphatic carbocycles. The summed E-state index contributed by atoms with van der Waals surface area (Å²) in [6, 6.07) is 8.08. The maximum atomic E-state index is 11.6. The number of hydrogen-bond acceptors (Lipinski definition) is 7. The third-order valence-corrected chi connectivity index (χ3v) is 5.20. The van der Waals surface area contributed by atoms with Crippen molar-refractivity contribution in [3.63, 3.8) is 0 Å². The molecule has 8 nitrogen and oxygen atoms in total. The van der Waals surface area contributed by atoms with Gasteiger partial charge in [-0.15, -0.1) is 0 Å². The Hall–Kier alpha value is -3.20. The van der Waals surface area contributed by atoms with Crippen LogP contribution in [0.2, 0.25) is 0 Å². The number of hydrogen-bond donors (Lipinski definition) is 0. The van der Waals surface area contributed by atoms with Crippen LogP contribution in [0.25, 0.3) is 11.0 Å². The molecule has 27 heavy (non-hydrogen) atoms. The molecule has 0 radical (unpaired) electrons. The molecule has 0 saturated heterocycles. The minimum absolute atomic E-state index is 0.121. The van der Waals surface area contributed by atoms with Crippen LogP contribution >= 0.6 is 0 Å². The molecule has 0 N–H and O–H groups in total. The first-order chi connectivity index (χ1) is 12.6. The molecule has 0 saturated carbocycles. The number of rotatable bonds is 4. The lowest BCUT2D eigenvalue weighted by Gasteiger charge is -2.11. The van der Waals surface area contributed by atoms with E-state index in [4.69, 9.17) is 9.15 Å². The average Bonchev–Trinajstić information content (AvgIpc) is 2.57. The highest BCUT2D eigenvalue weighted by Gasteiger charge is 2.21. The number of sulfone groups is 1. The number of nitro groups is 1. The summed E-state index contributed by atoms with van der Waals surface area (Å²) in [5.41, 5.74) is 0.564. The summed E-state index contributed by atoms with van der Waals surface area (Å²) >= 11 is 0. The number of nitro benzene ring substituents is 1. The lowest BCUT2D eigenvalue weighted by molar-refractivity contribution is -0.385. The van der Waals surface area contributed by atoms with Gasteiger partial charge in [-0.3, -0.25) is 10.1 Å². The molecule has 0 unspecified atom stereocenters. The predicted molar refractivity (Wildman–Crippen MR) is 98.2 cm³/mol. The summed E-state index contributed by atoms with van der Waals surface area (Å²) in [5, 5.41) is 12.1. The summed E-state index contributed by atoms with van der Waals surface area (Å²) in [6.45, 7) is 3.44. The molecule has 3 rings (SSSR count). The monoisotopic (exact) mass is 389 g/mol. The second kappa shape index (κ2) is 6.51. The number of fused-ring (bicyclic) bond motifs is 1. The van der Waals surface area contributed by atoms with Gasteiger partial charge in [0.15, 0.2) is 9.84 Å². The molecular weight excluding hydrogens is 374 g/mol. The molecule has 2 aromatic carbocycles. The van der Waals surface area contributed by atoms with Crippen molar-refractivity contribution in [1.29, 1.82) is 0 Å². The van der Waals surface area contributed by atoms with Crippen molar-refractivity contribution < 1.29 is 22.5 Å². The fraction of sp³-hybridized carbons (Fsp3) is 0.167. The van der Waals surface area contributed by atoms with Gasteiger partial charge in [0.25, 0.3) is 0 Å². The molecule has 0 aliphatic heterocycles. The lowest BCUT2D eigenvalue weighted by Crippen LogP contribution is -2.02. The van der Waals surface area contributed by atoms with E-state index in [9.17, 15) is 23.3 Å². The van der Waals surface area contributed by atoms with Crippen LogP contribution in [0, 0.1) is 24.0 Å². The Morgan fingerprint density at radius 2 is 1.74 bits per heavy atom. The molecule has 0 bridgehead atoms. The van der Waals surface area contributed by atoms with Crippen LogP contribution in [-0.2, 0) is 9.84 Å². The smallest absolute Gasteiger partial charge is 0.336 e. The Morgan fingerprint density at radius 3 is 2.37 bits per heavy atom. The molecule has 0 fully saturated rings. The summed E-state index contributed by atoms with van der Waals surface area (Å²) in [5.74, 6) is 0.135. The summed E-state index contributed by atoms with van der Waals surface area (Å²) in [7, 11) is -3.60. The summed E-state index contributed by atoms with van der Waals surface area (Å²) in [4.78, 5) is 22.1. The van der Waals surface area contributed by atoms with Crippen molar-refractivity contribution in [2.24, 2.45) is 0 Å². The molecule has 0 spiro atoms. The minimum Gasteiger partial charge on any atom is -0.450 e. The average molecular weight is 389 g/mol. The quantitative estimate of drug-likeness (QED) is 0.381. The largest absolute Gasteiger partial charge is 0.450 e. The van der Waals surface area contributed by atoms with Gasteiger partial charge in [0.1, 0.15) is 11.3 Å². The highest BCUT2D eigenvalue weighted by atomic mass is 32.2. The second-order valence-corrected chi connectivity index (χ2v) is 8.09. The molecule has 0 atom stereocenters. The molecule has 9 heteroatoms. The zero-order valence-corrected chi connectivity index (χ0v) is 15.5. The Bertz CT molecular complexity index is 1240. The third kappa shape index (κ3) is 3.54. The SMILES string of the molecule is Cc1cc(=O)oc2c(C)c(Oc3ccc(S(C)(=O)=O)cc3[N+](=O)[O-])ccc12. The third-order valence-electron chi connectivity index (χ3n) is 4.09. The number of nitrogens with zero attached hydrogens (tertiary/aromatic N) is 1. The highest BCUT2D eigenvalue weighted by molar-refractivity contribution is 7.90. The Labute approximate surface area is 154 Å². The molecule has 0 aliphatic rings. The van der Waals surface area contributed by atoms with Gasteiger partial charge >= 0.3 is 11.3 Å². The van der Waals surface area contributed by atoms with Gasteiger partial charge in [-0.25, -0.2) is 13.2 Å². The van der Waals surface area contributed by atoms with Crippen LogP contribution in [0.3, 0.4) is 0 Å². The van der Waals surface area contributed by atoms with Crippen LogP contribution < -0.4 is 10.4 Å². The van der Waals surface area contributed by atoms with Gasteiger partial charge in [0.2, 0.25) is 5.75 Å². The number of ether oxygens (including phenoxy) is 1. The maximum absolute atomic E-state index is 11.6. The van der Waals surface area contributed by atoms with Gasteiger partial charge < -0.3 is 9.15 Å². The van der Waals surface area contributed by atoms with Crippen LogP contribution in [-0.4, -0.2) is 19.6 Å². The predicted octanol–water partition coefficient (Wildman–Crippen LogP) is 3.51. The van der Waals surface area contributed by atoms with Crippen molar-refractivity contribution in [3.8, 4) is 11.5 Å². The lowest BCUT2D eigenvalue weighted by atomic mass is 10.1. The van der Waals surface area contributed by atoms with Crippen molar-refractivity contribution >= 4 is 26.5 Å². The Morgan fingerprint density at radius 1 is 1.07 bits per heavy atom. The number of aryl methyl sites for hydroxylation is 2. The first-order valence-corrected chi connectivity index (χ1v) is 9.67. The van der Waals surface area contributed by atoms with Gasteiger partial charge in [0, 0.05) is 29.3 Å². The molecule has 140 valence electrons.